The number of alkyl halides is 2. The summed E-state index contributed by atoms with van der Waals surface area (Å²) in [6.07, 6.45) is 1.07. The van der Waals surface area contributed by atoms with Crippen molar-refractivity contribution in [2.45, 2.75) is 25.9 Å². The smallest absolute Gasteiger partial charge is 0.387 e. The summed E-state index contributed by atoms with van der Waals surface area (Å²) in [6.45, 7) is -3.01. The molecule has 2 amide bonds. The minimum atomic E-state index is -3.01. The summed E-state index contributed by atoms with van der Waals surface area (Å²) in [5, 5.41) is 5.48. The number of para-hydroxylation sites is 1. The quantitative estimate of drug-likeness (QED) is 0.753. The molecule has 0 aliphatic carbocycles. The lowest BCUT2D eigenvalue weighted by atomic mass is 9.89. The predicted octanol–water partition coefficient (Wildman–Crippen LogP) is 3.83. The summed E-state index contributed by atoms with van der Waals surface area (Å²) in [5.41, 5.74) is 2.15. The molecule has 0 saturated carbocycles. The van der Waals surface area contributed by atoms with Crippen molar-refractivity contribution < 1.29 is 27.8 Å². The molecule has 1 aliphatic heterocycles. The molecular formula is C20H20F2N2O4. The van der Waals surface area contributed by atoms with Crippen molar-refractivity contribution in [3.05, 3.63) is 48.0 Å². The van der Waals surface area contributed by atoms with Gasteiger partial charge in [-0.1, -0.05) is 18.2 Å². The first-order valence-corrected chi connectivity index (χ1v) is 8.77. The molecule has 0 radical (unpaired) electrons. The number of halogens is 2. The van der Waals surface area contributed by atoms with Crippen molar-refractivity contribution in [2.75, 3.05) is 17.7 Å². The highest BCUT2D eigenvalue weighted by Gasteiger charge is 2.26. The highest BCUT2D eigenvalue weighted by molar-refractivity contribution is 5.96. The van der Waals surface area contributed by atoms with Gasteiger partial charge in [-0.2, -0.15) is 8.78 Å². The molecule has 0 saturated heterocycles. The summed E-state index contributed by atoms with van der Waals surface area (Å²) in [4.78, 5) is 24.4. The summed E-state index contributed by atoms with van der Waals surface area (Å²) in [5.74, 6) is -0.757. The highest BCUT2D eigenvalue weighted by Crippen LogP contribution is 2.32. The second-order valence-corrected chi connectivity index (χ2v) is 6.38. The molecule has 28 heavy (non-hydrogen) atoms. The van der Waals surface area contributed by atoms with Crippen molar-refractivity contribution in [1.29, 1.82) is 0 Å². The van der Waals surface area contributed by atoms with Gasteiger partial charge in [0, 0.05) is 29.8 Å². The number of hydrogen-bond acceptors (Lipinski definition) is 4. The lowest BCUT2D eigenvalue weighted by Gasteiger charge is -2.24. The average molecular weight is 390 g/mol. The molecule has 0 aromatic heterocycles. The number of rotatable bonds is 7. The van der Waals surface area contributed by atoms with Crippen LogP contribution in [-0.2, 0) is 16.0 Å². The van der Waals surface area contributed by atoms with Crippen LogP contribution in [0, 0.1) is 5.92 Å². The SMILES string of the molecule is COc1ccc(NC(=O)CCC2Cc3ccccc3NC2=O)cc1OC(F)F. The van der Waals surface area contributed by atoms with E-state index in [1.54, 1.807) is 0 Å². The second-order valence-electron chi connectivity index (χ2n) is 6.38. The van der Waals surface area contributed by atoms with Gasteiger partial charge in [0.25, 0.3) is 0 Å². The number of hydrogen-bond donors (Lipinski definition) is 2. The van der Waals surface area contributed by atoms with E-state index in [9.17, 15) is 18.4 Å². The third-order valence-electron chi connectivity index (χ3n) is 4.50. The Bertz CT molecular complexity index is 873. The number of carbonyl (C=O) groups excluding carboxylic acids is 2. The summed E-state index contributed by atoms with van der Waals surface area (Å²) in [7, 11) is 1.33. The lowest BCUT2D eigenvalue weighted by molar-refractivity contribution is -0.121. The van der Waals surface area contributed by atoms with Gasteiger partial charge in [0.05, 0.1) is 7.11 Å². The Kier molecular flexibility index (Phi) is 6.08. The van der Waals surface area contributed by atoms with Crippen LogP contribution < -0.4 is 20.1 Å². The Balaban J connectivity index is 1.58. The number of fused-ring (bicyclic) bond motifs is 1. The number of anilines is 2. The van der Waals surface area contributed by atoms with Gasteiger partial charge in [-0.3, -0.25) is 9.59 Å². The molecule has 2 N–H and O–H groups in total. The van der Waals surface area contributed by atoms with E-state index in [0.29, 0.717) is 18.5 Å². The second kappa shape index (κ2) is 8.69. The summed E-state index contributed by atoms with van der Waals surface area (Å²) >= 11 is 0. The maximum atomic E-state index is 12.5. The molecule has 148 valence electrons. The first kappa shape index (κ1) is 19.6. The van der Waals surface area contributed by atoms with Crippen LogP contribution in [0.5, 0.6) is 11.5 Å². The van der Waals surface area contributed by atoms with Gasteiger partial charge >= 0.3 is 6.61 Å². The van der Waals surface area contributed by atoms with Crippen LogP contribution in [0.4, 0.5) is 20.2 Å². The molecule has 1 unspecified atom stereocenters. The Morgan fingerprint density at radius 1 is 1.25 bits per heavy atom. The Hall–Kier alpha value is -3.16. The predicted molar refractivity (Wildman–Crippen MR) is 99.8 cm³/mol. The number of methoxy groups -OCH3 is 1. The van der Waals surface area contributed by atoms with Crippen LogP contribution in [0.2, 0.25) is 0 Å². The van der Waals surface area contributed by atoms with Crippen molar-refractivity contribution in [2.24, 2.45) is 5.92 Å². The van der Waals surface area contributed by atoms with Gasteiger partial charge in [0.15, 0.2) is 11.5 Å². The van der Waals surface area contributed by atoms with Crippen LogP contribution in [0.15, 0.2) is 42.5 Å². The highest BCUT2D eigenvalue weighted by atomic mass is 19.3. The molecule has 2 aromatic rings. The monoisotopic (exact) mass is 390 g/mol. The number of benzene rings is 2. The van der Waals surface area contributed by atoms with Gasteiger partial charge in [-0.05, 0) is 36.6 Å². The fourth-order valence-electron chi connectivity index (χ4n) is 3.12. The van der Waals surface area contributed by atoms with E-state index >= 15 is 0 Å². The molecule has 0 fully saturated rings. The van der Waals surface area contributed by atoms with E-state index in [1.807, 2.05) is 24.3 Å². The molecule has 1 atom stereocenters. The van der Waals surface area contributed by atoms with Gasteiger partial charge in [0.1, 0.15) is 0 Å². The van der Waals surface area contributed by atoms with E-state index in [-0.39, 0.29) is 35.7 Å². The number of ether oxygens (including phenoxy) is 2. The van der Waals surface area contributed by atoms with Gasteiger partial charge in [-0.15, -0.1) is 0 Å². The van der Waals surface area contributed by atoms with Crippen LogP contribution in [-0.4, -0.2) is 25.5 Å². The fraction of sp³-hybridized carbons (Fsp3) is 0.300. The Morgan fingerprint density at radius 3 is 2.79 bits per heavy atom. The molecule has 0 bridgehead atoms. The van der Waals surface area contributed by atoms with E-state index in [1.165, 1.54) is 25.3 Å². The first-order valence-electron chi connectivity index (χ1n) is 8.77. The molecule has 1 aliphatic rings. The molecule has 0 spiro atoms. The molecule has 3 rings (SSSR count). The molecule has 6 nitrogen and oxygen atoms in total. The molecule has 2 aromatic carbocycles. The van der Waals surface area contributed by atoms with Crippen LogP contribution in [0.3, 0.4) is 0 Å². The maximum absolute atomic E-state index is 12.5. The summed E-state index contributed by atoms with van der Waals surface area (Å²) < 4.78 is 34.4. The summed E-state index contributed by atoms with van der Waals surface area (Å²) in [6, 6.07) is 11.8. The average Bonchev–Trinajstić information content (AvgIpc) is 2.66. The normalized spacial score (nSPS) is 15.6. The van der Waals surface area contributed by atoms with Crippen LogP contribution in [0.25, 0.3) is 0 Å². The third-order valence-corrected chi connectivity index (χ3v) is 4.50. The maximum Gasteiger partial charge on any atom is 0.387 e. The molecule has 1 heterocycles. The zero-order valence-corrected chi connectivity index (χ0v) is 15.2. The van der Waals surface area contributed by atoms with Crippen molar-refractivity contribution in [3.8, 4) is 11.5 Å². The van der Waals surface area contributed by atoms with Crippen LogP contribution in [0.1, 0.15) is 18.4 Å². The van der Waals surface area contributed by atoms with E-state index < -0.39 is 6.61 Å². The minimum Gasteiger partial charge on any atom is -0.493 e. The van der Waals surface area contributed by atoms with E-state index in [2.05, 4.69) is 15.4 Å². The minimum absolute atomic E-state index is 0.108. The topological polar surface area (TPSA) is 76.7 Å². The number of amides is 2. The van der Waals surface area contributed by atoms with Crippen molar-refractivity contribution in [3.63, 3.8) is 0 Å². The standard InChI is InChI=1S/C20H20F2N2O4/c1-27-16-8-7-14(11-17(16)28-20(21)22)23-18(25)9-6-13-10-12-4-2-3-5-15(12)24-19(13)26/h2-5,7-8,11,13,20H,6,9-10H2,1H3,(H,23,25)(H,24,26). The van der Waals surface area contributed by atoms with Gasteiger partial charge in [-0.25, -0.2) is 0 Å². The van der Waals surface area contributed by atoms with Crippen molar-refractivity contribution >= 4 is 23.2 Å². The first-order chi connectivity index (χ1) is 13.5. The lowest BCUT2D eigenvalue weighted by Crippen LogP contribution is -2.30. The Labute approximate surface area is 160 Å². The molecule has 8 heteroatoms. The van der Waals surface area contributed by atoms with E-state index in [4.69, 9.17) is 4.74 Å². The van der Waals surface area contributed by atoms with E-state index in [0.717, 1.165) is 11.3 Å². The molecular weight excluding hydrogens is 370 g/mol. The zero-order chi connectivity index (χ0) is 20.1. The fourth-order valence-corrected chi connectivity index (χ4v) is 3.12. The van der Waals surface area contributed by atoms with Crippen molar-refractivity contribution in [1.82, 2.24) is 0 Å². The Morgan fingerprint density at radius 2 is 2.04 bits per heavy atom. The zero-order valence-electron chi connectivity index (χ0n) is 15.2. The van der Waals surface area contributed by atoms with Gasteiger partial charge in [0.2, 0.25) is 11.8 Å². The number of nitrogens with one attached hydrogen (secondary N) is 2. The number of carbonyl (C=O) groups is 2. The largest absolute Gasteiger partial charge is 0.493 e. The van der Waals surface area contributed by atoms with Gasteiger partial charge < -0.3 is 20.1 Å². The third kappa shape index (κ3) is 4.76. The van der Waals surface area contributed by atoms with Crippen LogP contribution >= 0.6 is 0 Å².